The Morgan fingerprint density at radius 2 is 1.90 bits per heavy atom. The topological polar surface area (TPSA) is 86.5 Å². The number of benzene rings is 1. The third kappa shape index (κ3) is 4.34. The minimum atomic E-state index is -0.483. The number of methoxy groups -OCH3 is 1. The summed E-state index contributed by atoms with van der Waals surface area (Å²) >= 11 is 0. The zero-order valence-corrected chi connectivity index (χ0v) is 11.5. The Bertz CT molecular complexity index is 584. The first-order valence-electron chi connectivity index (χ1n) is 6.30. The molecule has 0 radical (unpaired) electrons. The van der Waals surface area contributed by atoms with Crippen molar-refractivity contribution in [3.8, 4) is 11.5 Å². The molecule has 1 aromatic carbocycles. The molecule has 1 heterocycles. The average Bonchev–Trinajstić information content (AvgIpc) is 2.52. The number of ether oxygens (including phenoxy) is 2. The molecule has 0 aliphatic heterocycles. The highest BCUT2D eigenvalue weighted by Crippen LogP contribution is 2.17. The number of anilines is 1. The van der Waals surface area contributed by atoms with E-state index < -0.39 is 4.92 Å². The van der Waals surface area contributed by atoms with Crippen LogP contribution >= 0.6 is 0 Å². The molecule has 7 nitrogen and oxygen atoms in total. The Morgan fingerprint density at radius 3 is 2.48 bits per heavy atom. The smallest absolute Gasteiger partial charge is 0.287 e. The summed E-state index contributed by atoms with van der Waals surface area (Å²) in [6.07, 6.45) is 1.21. The summed E-state index contributed by atoms with van der Waals surface area (Å²) in [6.45, 7) is 0.988. The van der Waals surface area contributed by atoms with Gasteiger partial charge in [0.05, 0.1) is 18.6 Å². The number of nitro groups is 1. The fourth-order valence-electron chi connectivity index (χ4n) is 1.62. The van der Waals surface area contributed by atoms with E-state index in [9.17, 15) is 10.1 Å². The molecule has 0 unspecified atom stereocenters. The van der Waals surface area contributed by atoms with Crippen LogP contribution in [0.5, 0.6) is 11.5 Å². The van der Waals surface area contributed by atoms with Crippen LogP contribution < -0.4 is 14.8 Å². The Hall–Kier alpha value is -2.83. The van der Waals surface area contributed by atoms with Crippen LogP contribution in [-0.4, -0.2) is 30.2 Å². The fourth-order valence-corrected chi connectivity index (χ4v) is 1.62. The number of hydrogen-bond acceptors (Lipinski definition) is 6. The van der Waals surface area contributed by atoms with Crippen LogP contribution in [0.1, 0.15) is 0 Å². The Morgan fingerprint density at radius 1 is 1.19 bits per heavy atom. The molecule has 0 spiro atoms. The Balaban J connectivity index is 1.74. The molecular formula is C14H15N3O4. The summed E-state index contributed by atoms with van der Waals surface area (Å²) in [6, 6.07) is 10.2. The van der Waals surface area contributed by atoms with Crippen LogP contribution in [0.2, 0.25) is 0 Å². The van der Waals surface area contributed by atoms with Crippen molar-refractivity contribution >= 4 is 11.5 Å². The fraction of sp³-hybridized carbons (Fsp3) is 0.214. The maximum atomic E-state index is 10.5. The van der Waals surface area contributed by atoms with E-state index in [2.05, 4.69) is 10.3 Å². The van der Waals surface area contributed by atoms with E-state index in [1.165, 1.54) is 12.3 Å². The Labute approximate surface area is 121 Å². The van der Waals surface area contributed by atoms with Gasteiger partial charge in [0.1, 0.15) is 30.1 Å². The van der Waals surface area contributed by atoms with E-state index in [0.717, 1.165) is 11.5 Å². The van der Waals surface area contributed by atoms with Gasteiger partial charge in [-0.15, -0.1) is 0 Å². The molecule has 1 aromatic heterocycles. The van der Waals surface area contributed by atoms with Gasteiger partial charge in [0.15, 0.2) is 0 Å². The molecule has 0 aliphatic rings. The van der Waals surface area contributed by atoms with Gasteiger partial charge in [0.2, 0.25) is 0 Å². The summed E-state index contributed by atoms with van der Waals surface area (Å²) in [4.78, 5) is 14.0. The largest absolute Gasteiger partial charge is 0.497 e. The first-order chi connectivity index (χ1) is 10.2. The molecule has 2 aromatic rings. The van der Waals surface area contributed by atoms with Crippen molar-refractivity contribution < 1.29 is 14.4 Å². The number of nitrogens with zero attached hydrogens (tertiary/aromatic N) is 2. The molecule has 0 aliphatic carbocycles. The molecule has 0 amide bonds. The van der Waals surface area contributed by atoms with Gasteiger partial charge < -0.3 is 14.8 Å². The highest BCUT2D eigenvalue weighted by atomic mass is 16.6. The summed E-state index contributed by atoms with van der Waals surface area (Å²) in [7, 11) is 1.61. The van der Waals surface area contributed by atoms with E-state index in [1.807, 2.05) is 24.3 Å². The molecule has 0 saturated carbocycles. The quantitative estimate of drug-likeness (QED) is 0.479. The monoisotopic (exact) mass is 289 g/mol. The SMILES string of the molecule is COc1ccc(OCCNc2ccc([N+](=O)[O-])cn2)cc1. The van der Waals surface area contributed by atoms with Crippen LogP contribution in [0.4, 0.5) is 11.5 Å². The van der Waals surface area contributed by atoms with Crippen molar-refractivity contribution in [2.75, 3.05) is 25.6 Å². The van der Waals surface area contributed by atoms with E-state index in [0.29, 0.717) is 19.0 Å². The molecular weight excluding hydrogens is 274 g/mol. The number of nitrogens with one attached hydrogen (secondary N) is 1. The number of hydrogen-bond donors (Lipinski definition) is 1. The van der Waals surface area contributed by atoms with E-state index in [1.54, 1.807) is 13.2 Å². The van der Waals surface area contributed by atoms with Gasteiger partial charge in [-0.05, 0) is 30.3 Å². The van der Waals surface area contributed by atoms with Crippen LogP contribution in [0.3, 0.4) is 0 Å². The van der Waals surface area contributed by atoms with Crippen LogP contribution in [-0.2, 0) is 0 Å². The van der Waals surface area contributed by atoms with Crippen molar-refractivity contribution in [2.24, 2.45) is 0 Å². The number of aromatic nitrogens is 1. The Kier molecular flexibility index (Phi) is 4.92. The predicted octanol–water partition coefficient (Wildman–Crippen LogP) is 2.49. The standard InChI is InChI=1S/C14H15N3O4/c1-20-12-3-5-13(6-4-12)21-9-8-15-14-7-2-11(10-16-14)17(18)19/h2-7,10H,8-9H2,1H3,(H,15,16). The van der Waals surface area contributed by atoms with Crippen LogP contribution in [0.15, 0.2) is 42.6 Å². The van der Waals surface area contributed by atoms with Gasteiger partial charge in [0.25, 0.3) is 5.69 Å². The molecule has 2 rings (SSSR count). The molecule has 0 fully saturated rings. The van der Waals surface area contributed by atoms with E-state index >= 15 is 0 Å². The van der Waals surface area contributed by atoms with Crippen LogP contribution in [0.25, 0.3) is 0 Å². The van der Waals surface area contributed by atoms with Crippen molar-refractivity contribution in [3.63, 3.8) is 0 Å². The lowest BCUT2D eigenvalue weighted by Gasteiger charge is -2.08. The summed E-state index contributed by atoms with van der Waals surface area (Å²) in [5, 5.41) is 13.5. The van der Waals surface area contributed by atoms with Gasteiger partial charge in [0, 0.05) is 6.07 Å². The molecule has 7 heteroatoms. The third-order valence-electron chi connectivity index (χ3n) is 2.70. The molecule has 0 saturated heterocycles. The maximum absolute atomic E-state index is 10.5. The molecule has 0 bridgehead atoms. The van der Waals surface area contributed by atoms with Crippen molar-refractivity contribution in [2.45, 2.75) is 0 Å². The first-order valence-corrected chi connectivity index (χ1v) is 6.30. The van der Waals surface area contributed by atoms with Crippen molar-refractivity contribution in [1.82, 2.24) is 4.98 Å². The molecule has 21 heavy (non-hydrogen) atoms. The molecule has 110 valence electrons. The lowest BCUT2D eigenvalue weighted by Crippen LogP contribution is -2.12. The minimum absolute atomic E-state index is 0.0324. The average molecular weight is 289 g/mol. The van der Waals surface area contributed by atoms with Gasteiger partial charge in [-0.25, -0.2) is 4.98 Å². The molecule has 0 atom stereocenters. The summed E-state index contributed by atoms with van der Waals surface area (Å²) in [5.74, 6) is 2.09. The minimum Gasteiger partial charge on any atom is -0.497 e. The zero-order chi connectivity index (χ0) is 15.1. The van der Waals surface area contributed by atoms with Gasteiger partial charge in [-0.1, -0.05) is 0 Å². The first kappa shape index (κ1) is 14.6. The second kappa shape index (κ2) is 7.09. The summed E-state index contributed by atoms with van der Waals surface area (Å²) in [5.41, 5.74) is -0.0324. The van der Waals surface area contributed by atoms with Gasteiger partial charge in [-0.3, -0.25) is 10.1 Å². The lowest BCUT2D eigenvalue weighted by molar-refractivity contribution is -0.385. The predicted molar refractivity (Wildman–Crippen MR) is 77.9 cm³/mol. The van der Waals surface area contributed by atoms with Crippen molar-refractivity contribution in [3.05, 3.63) is 52.7 Å². The second-order valence-corrected chi connectivity index (χ2v) is 4.11. The highest BCUT2D eigenvalue weighted by molar-refractivity contribution is 5.40. The van der Waals surface area contributed by atoms with E-state index in [-0.39, 0.29) is 5.69 Å². The summed E-state index contributed by atoms with van der Waals surface area (Å²) < 4.78 is 10.6. The third-order valence-corrected chi connectivity index (χ3v) is 2.70. The number of pyridine rings is 1. The second-order valence-electron chi connectivity index (χ2n) is 4.11. The van der Waals surface area contributed by atoms with Gasteiger partial charge >= 0.3 is 0 Å². The van der Waals surface area contributed by atoms with E-state index in [4.69, 9.17) is 9.47 Å². The normalized spacial score (nSPS) is 9.95. The lowest BCUT2D eigenvalue weighted by atomic mass is 10.3. The number of rotatable bonds is 7. The van der Waals surface area contributed by atoms with Crippen LogP contribution in [0, 0.1) is 10.1 Å². The highest BCUT2D eigenvalue weighted by Gasteiger charge is 2.04. The molecule has 1 N–H and O–H groups in total. The zero-order valence-electron chi connectivity index (χ0n) is 11.5. The van der Waals surface area contributed by atoms with Gasteiger partial charge in [-0.2, -0.15) is 0 Å². The van der Waals surface area contributed by atoms with Crippen molar-refractivity contribution in [1.29, 1.82) is 0 Å². The maximum Gasteiger partial charge on any atom is 0.287 e.